The van der Waals surface area contributed by atoms with Crippen LogP contribution in [0.1, 0.15) is 6.42 Å². The molecule has 1 aliphatic heterocycles. The zero-order chi connectivity index (χ0) is 15.0. The molecule has 1 aliphatic carbocycles. The molecule has 0 bridgehead atoms. The van der Waals surface area contributed by atoms with Gasteiger partial charge in [-0.25, -0.2) is 0 Å². The van der Waals surface area contributed by atoms with Gasteiger partial charge < -0.3 is 46.5 Å². The first-order valence-corrected chi connectivity index (χ1v) is 6.51. The maximum atomic E-state index is 9.84. The van der Waals surface area contributed by atoms with Crippen molar-refractivity contribution in [3.8, 4) is 0 Å². The van der Waals surface area contributed by atoms with Gasteiger partial charge in [-0.2, -0.15) is 0 Å². The molecule has 1 saturated heterocycles. The summed E-state index contributed by atoms with van der Waals surface area (Å²) in [7, 11) is 0. The Bertz CT molecular complexity index is 318. The average Bonchev–Trinajstić information content (AvgIpc) is 2.41. The summed E-state index contributed by atoms with van der Waals surface area (Å²) in [4.78, 5) is 0. The predicted molar refractivity (Wildman–Crippen MR) is 65.2 cm³/mol. The Morgan fingerprint density at radius 1 is 0.850 bits per heavy atom. The highest BCUT2D eigenvalue weighted by Crippen LogP contribution is 2.26. The van der Waals surface area contributed by atoms with E-state index in [0.29, 0.717) is 6.42 Å². The van der Waals surface area contributed by atoms with Crippen LogP contribution in [0, 0.1) is 0 Å². The van der Waals surface area contributed by atoms with Crippen LogP contribution in [0.25, 0.3) is 0 Å². The molecule has 9 atom stereocenters. The van der Waals surface area contributed by atoms with Crippen molar-refractivity contribution in [3.63, 3.8) is 0 Å². The van der Waals surface area contributed by atoms with Gasteiger partial charge in [0.15, 0.2) is 6.29 Å². The van der Waals surface area contributed by atoms with Crippen molar-refractivity contribution in [3.05, 3.63) is 0 Å². The molecule has 0 radical (unpaired) electrons. The van der Waals surface area contributed by atoms with Gasteiger partial charge in [0.1, 0.15) is 36.6 Å². The Balaban J connectivity index is 2.03. The Labute approximate surface area is 115 Å². The Kier molecular flexibility index (Phi) is 4.95. The standard InChI is InChI=1S/C11H22N2O7/c12-3-1-4(13)11(19-2-3)20-10-8(17)6(15)5(14)7(16)9(10)18/h3-11,14-18H,1-2,12-13H2/t3-,4-,5?,6+,7?,8?,9+,10?,11+/m1/s1. The quantitative estimate of drug-likeness (QED) is 0.265. The van der Waals surface area contributed by atoms with Gasteiger partial charge in [-0.05, 0) is 6.42 Å². The summed E-state index contributed by atoms with van der Waals surface area (Å²) in [6.45, 7) is 0.213. The topological polar surface area (TPSA) is 172 Å². The van der Waals surface area contributed by atoms with Crippen molar-refractivity contribution in [2.24, 2.45) is 11.5 Å². The first kappa shape index (κ1) is 16.0. The van der Waals surface area contributed by atoms with Crippen LogP contribution >= 0.6 is 0 Å². The maximum absolute atomic E-state index is 9.84. The van der Waals surface area contributed by atoms with E-state index in [9.17, 15) is 25.5 Å². The first-order chi connectivity index (χ1) is 9.32. The molecule has 118 valence electrons. The normalized spacial score (nSPS) is 53.9. The second-order valence-electron chi connectivity index (χ2n) is 5.42. The predicted octanol–water partition coefficient (Wildman–Crippen LogP) is -4.41. The molecule has 0 aromatic heterocycles. The van der Waals surface area contributed by atoms with Crippen molar-refractivity contribution >= 4 is 0 Å². The number of hydrogen-bond acceptors (Lipinski definition) is 9. The molecular weight excluding hydrogens is 272 g/mol. The molecule has 0 aromatic rings. The first-order valence-electron chi connectivity index (χ1n) is 6.51. The zero-order valence-corrected chi connectivity index (χ0v) is 10.8. The fraction of sp³-hybridized carbons (Fsp3) is 1.00. The van der Waals surface area contributed by atoms with E-state index in [2.05, 4.69) is 0 Å². The molecule has 20 heavy (non-hydrogen) atoms. The van der Waals surface area contributed by atoms with E-state index < -0.39 is 49.0 Å². The lowest BCUT2D eigenvalue weighted by atomic mass is 9.85. The molecule has 9 heteroatoms. The molecule has 4 unspecified atom stereocenters. The molecule has 1 heterocycles. The van der Waals surface area contributed by atoms with Crippen molar-refractivity contribution < 1.29 is 35.0 Å². The number of hydrogen-bond donors (Lipinski definition) is 7. The Morgan fingerprint density at radius 3 is 1.85 bits per heavy atom. The van der Waals surface area contributed by atoms with Gasteiger partial charge in [0, 0.05) is 6.04 Å². The fourth-order valence-electron chi connectivity index (χ4n) is 2.52. The summed E-state index contributed by atoms with van der Waals surface area (Å²) >= 11 is 0. The van der Waals surface area contributed by atoms with E-state index in [-0.39, 0.29) is 12.6 Å². The molecule has 0 aromatic carbocycles. The minimum atomic E-state index is -1.66. The third kappa shape index (κ3) is 2.96. The van der Waals surface area contributed by atoms with E-state index in [0.717, 1.165) is 0 Å². The van der Waals surface area contributed by atoms with Gasteiger partial charge in [0.05, 0.1) is 12.6 Å². The van der Waals surface area contributed by atoms with E-state index >= 15 is 0 Å². The third-order valence-corrected chi connectivity index (χ3v) is 3.76. The van der Waals surface area contributed by atoms with Gasteiger partial charge in [-0.3, -0.25) is 0 Å². The summed E-state index contributed by atoms with van der Waals surface area (Å²) in [5, 5.41) is 48.3. The highest BCUT2D eigenvalue weighted by molar-refractivity contribution is 5.00. The van der Waals surface area contributed by atoms with E-state index in [1.165, 1.54) is 0 Å². The summed E-state index contributed by atoms with van der Waals surface area (Å²) < 4.78 is 10.7. The van der Waals surface area contributed by atoms with E-state index in [1.807, 2.05) is 0 Å². The van der Waals surface area contributed by atoms with Gasteiger partial charge >= 0.3 is 0 Å². The van der Waals surface area contributed by atoms with E-state index in [1.54, 1.807) is 0 Å². The highest BCUT2D eigenvalue weighted by atomic mass is 16.7. The summed E-state index contributed by atoms with van der Waals surface area (Å²) in [5.74, 6) is 0. The highest BCUT2D eigenvalue weighted by Gasteiger charge is 2.50. The van der Waals surface area contributed by atoms with Crippen LogP contribution in [0.15, 0.2) is 0 Å². The summed E-state index contributed by atoms with van der Waals surface area (Å²) in [6.07, 6.45) is -9.88. The molecule has 2 aliphatic rings. The second kappa shape index (κ2) is 6.18. The largest absolute Gasteiger partial charge is 0.387 e. The number of ether oxygens (including phenoxy) is 2. The molecule has 0 amide bonds. The van der Waals surface area contributed by atoms with Crippen molar-refractivity contribution in [1.82, 2.24) is 0 Å². The van der Waals surface area contributed by atoms with Crippen LogP contribution in [-0.4, -0.2) is 87.1 Å². The summed E-state index contributed by atoms with van der Waals surface area (Å²) in [5.41, 5.74) is 11.5. The van der Waals surface area contributed by atoms with Crippen LogP contribution in [0.5, 0.6) is 0 Å². The minimum Gasteiger partial charge on any atom is -0.387 e. The Morgan fingerprint density at radius 2 is 1.35 bits per heavy atom. The average molecular weight is 294 g/mol. The molecule has 9 N–H and O–H groups in total. The zero-order valence-electron chi connectivity index (χ0n) is 10.8. The number of nitrogens with two attached hydrogens (primary N) is 2. The van der Waals surface area contributed by atoms with Gasteiger partial charge in [0.25, 0.3) is 0 Å². The monoisotopic (exact) mass is 294 g/mol. The lowest BCUT2D eigenvalue weighted by Gasteiger charge is -2.44. The lowest BCUT2D eigenvalue weighted by molar-refractivity contribution is -0.285. The third-order valence-electron chi connectivity index (χ3n) is 3.76. The molecule has 1 saturated carbocycles. The van der Waals surface area contributed by atoms with Crippen LogP contribution in [0.4, 0.5) is 0 Å². The van der Waals surface area contributed by atoms with Gasteiger partial charge in [-0.15, -0.1) is 0 Å². The van der Waals surface area contributed by atoms with Crippen LogP contribution < -0.4 is 11.5 Å². The van der Waals surface area contributed by atoms with Crippen LogP contribution in [0.3, 0.4) is 0 Å². The lowest BCUT2D eigenvalue weighted by Crippen LogP contribution is -2.66. The van der Waals surface area contributed by atoms with Gasteiger partial charge in [0.2, 0.25) is 0 Å². The maximum Gasteiger partial charge on any atom is 0.173 e. The van der Waals surface area contributed by atoms with E-state index in [4.69, 9.17) is 20.9 Å². The SMILES string of the molecule is N[C@H]1CO[C@@H](OC2C(O)[C@@H](O)C(O)C(O)[C@@H]2O)[C@H](N)C1. The van der Waals surface area contributed by atoms with Crippen molar-refractivity contribution in [1.29, 1.82) is 0 Å². The summed E-state index contributed by atoms with van der Waals surface area (Å²) in [6, 6.07) is -0.775. The molecule has 2 rings (SSSR count). The van der Waals surface area contributed by atoms with Crippen LogP contribution in [-0.2, 0) is 9.47 Å². The number of rotatable bonds is 2. The molecule has 0 spiro atoms. The number of aliphatic hydroxyl groups is 5. The van der Waals surface area contributed by atoms with Crippen molar-refractivity contribution in [2.75, 3.05) is 6.61 Å². The molecule has 2 fully saturated rings. The van der Waals surface area contributed by atoms with Gasteiger partial charge in [-0.1, -0.05) is 0 Å². The fourth-order valence-corrected chi connectivity index (χ4v) is 2.52. The van der Waals surface area contributed by atoms with Crippen molar-refractivity contribution in [2.45, 2.75) is 61.4 Å². The Hall–Kier alpha value is -0.360. The minimum absolute atomic E-state index is 0.213. The van der Waals surface area contributed by atoms with Crippen LogP contribution in [0.2, 0.25) is 0 Å². The smallest absolute Gasteiger partial charge is 0.173 e. The number of aliphatic hydroxyl groups excluding tert-OH is 5. The molecular formula is C11H22N2O7. The second-order valence-corrected chi connectivity index (χ2v) is 5.42. The molecule has 9 nitrogen and oxygen atoms in total.